The van der Waals surface area contributed by atoms with E-state index < -0.39 is 0 Å². The molecule has 21 heavy (non-hydrogen) atoms. The lowest BCUT2D eigenvalue weighted by atomic mass is 10.0. The fourth-order valence-corrected chi connectivity index (χ4v) is 3.03. The Labute approximate surface area is 132 Å². The summed E-state index contributed by atoms with van der Waals surface area (Å²) in [5, 5.41) is 3.46. The van der Waals surface area contributed by atoms with E-state index >= 15 is 0 Å². The smallest absolute Gasteiger partial charge is 0.127 e. The largest absolute Gasteiger partial charge is 0.369 e. The van der Waals surface area contributed by atoms with Gasteiger partial charge in [-0.25, -0.2) is 9.37 Å². The number of halogens is 2. The molecule has 1 fully saturated rings. The molecule has 1 aliphatic heterocycles. The van der Waals surface area contributed by atoms with E-state index in [2.05, 4.69) is 31.1 Å². The van der Waals surface area contributed by atoms with Gasteiger partial charge < -0.3 is 10.2 Å². The molecule has 0 unspecified atom stereocenters. The van der Waals surface area contributed by atoms with E-state index in [1.807, 2.05) is 18.2 Å². The van der Waals surface area contributed by atoms with Gasteiger partial charge in [-0.1, -0.05) is 22.0 Å². The first-order chi connectivity index (χ1) is 10.2. The van der Waals surface area contributed by atoms with Crippen LogP contribution in [-0.4, -0.2) is 24.1 Å². The monoisotopic (exact) mass is 349 g/mol. The number of nitrogens with zero attached hydrogens (tertiary/aromatic N) is 2. The Morgan fingerprint density at radius 1 is 1.29 bits per heavy atom. The number of piperidine rings is 1. The van der Waals surface area contributed by atoms with Crippen LogP contribution in [0, 0.1) is 5.82 Å². The molecular formula is C16H17BrFN3. The molecule has 3 rings (SSSR count). The Balaban J connectivity index is 1.68. The molecule has 0 aliphatic carbocycles. The molecule has 1 aromatic carbocycles. The third-order valence-corrected chi connectivity index (χ3v) is 4.16. The van der Waals surface area contributed by atoms with E-state index in [-0.39, 0.29) is 5.82 Å². The zero-order valence-electron chi connectivity index (χ0n) is 11.6. The third kappa shape index (κ3) is 3.73. The van der Waals surface area contributed by atoms with Crippen molar-refractivity contribution in [3.05, 3.63) is 52.9 Å². The number of benzene rings is 1. The summed E-state index contributed by atoms with van der Waals surface area (Å²) in [6.45, 7) is 1.82. The zero-order chi connectivity index (χ0) is 14.7. The summed E-state index contributed by atoms with van der Waals surface area (Å²) >= 11 is 3.45. The maximum Gasteiger partial charge on any atom is 0.127 e. The first kappa shape index (κ1) is 14.3. The van der Waals surface area contributed by atoms with Crippen molar-refractivity contribution in [2.45, 2.75) is 18.9 Å². The zero-order valence-corrected chi connectivity index (χ0v) is 13.2. The average molecular weight is 350 g/mol. The number of nitrogens with one attached hydrogen (secondary N) is 1. The van der Waals surface area contributed by atoms with Crippen LogP contribution in [0.25, 0.3) is 0 Å². The number of hydrogen-bond donors (Lipinski definition) is 1. The molecule has 3 nitrogen and oxygen atoms in total. The predicted octanol–water partition coefficient (Wildman–Crippen LogP) is 4.06. The van der Waals surface area contributed by atoms with Crippen LogP contribution >= 0.6 is 15.9 Å². The Morgan fingerprint density at radius 2 is 2.19 bits per heavy atom. The molecule has 1 saturated heterocycles. The lowest BCUT2D eigenvalue weighted by molar-refractivity contribution is 0.527. The number of aromatic nitrogens is 1. The van der Waals surface area contributed by atoms with E-state index in [9.17, 15) is 4.39 Å². The minimum atomic E-state index is -0.184. The Bertz CT molecular complexity index is 620. The molecule has 0 saturated carbocycles. The van der Waals surface area contributed by atoms with Gasteiger partial charge in [0.2, 0.25) is 0 Å². The molecule has 0 bridgehead atoms. The molecule has 1 aromatic heterocycles. The van der Waals surface area contributed by atoms with Crippen molar-refractivity contribution in [1.29, 1.82) is 0 Å². The van der Waals surface area contributed by atoms with Gasteiger partial charge in [0.15, 0.2) is 0 Å². The highest BCUT2D eigenvalue weighted by molar-refractivity contribution is 9.10. The Morgan fingerprint density at radius 3 is 3.00 bits per heavy atom. The van der Waals surface area contributed by atoms with Gasteiger partial charge in [0.1, 0.15) is 11.6 Å². The summed E-state index contributed by atoms with van der Waals surface area (Å²) in [5.74, 6) is 0.687. The number of pyridine rings is 1. The molecule has 1 atom stereocenters. The lowest BCUT2D eigenvalue weighted by Crippen LogP contribution is -2.42. The minimum Gasteiger partial charge on any atom is -0.369 e. The van der Waals surface area contributed by atoms with E-state index in [4.69, 9.17) is 0 Å². The highest BCUT2D eigenvalue weighted by Crippen LogP contribution is 2.23. The fraction of sp³-hybridized carbons (Fsp3) is 0.312. The lowest BCUT2D eigenvalue weighted by Gasteiger charge is -2.35. The normalized spacial score (nSPS) is 18.6. The van der Waals surface area contributed by atoms with Gasteiger partial charge in [-0.15, -0.1) is 0 Å². The molecule has 0 radical (unpaired) electrons. The van der Waals surface area contributed by atoms with Crippen molar-refractivity contribution < 1.29 is 4.39 Å². The topological polar surface area (TPSA) is 28.2 Å². The van der Waals surface area contributed by atoms with Crippen molar-refractivity contribution >= 4 is 27.4 Å². The minimum absolute atomic E-state index is 0.184. The summed E-state index contributed by atoms with van der Waals surface area (Å²) in [7, 11) is 0. The van der Waals surface area contributed by atoms with Gasteiger partial charge in [0.25, 0.3) is 0 Å². The molecule has 1 aliphatic rings. The molecular weight excluding hydrogens is 333 g/mol. The van der Waals surface area contributed by atoms with Crippen LogP contribution in [0.2, 0.25) is 0 Å². The molecule has 0 spiro atoms. The predicted molar refractivity (Wildman–Crippen MR) is 87.2 cm³/mol. The van der Waals surface area contributed by atoms with E-state index in [0.29, 0.717) is 6.04 Å². The standard InChI is InChI=1S/C16H17BrFN3/c17-12-6-7-19-16(9-12)20-14-4-2-8-21(11-14)15-5-1-3-13(18)10-15/h1,3,5-7,9-10,14H,2,4,8,11H2,(H,19,20)/t14-/m1/s1. The van der Waals surface area contributed by atoms with Crippen LogP contribution in [0.3, 0.4) is 0 Å². The van der Waals surface area contributed by atoms with Gasteiger partial charge >= 0.3 is 0 Å². The van der Waals surface area contributed by atoms with Gasteiger partial charge in [0, 0.05) is 35.5 Å². The number of hydrogen-bond acceptors (Lipinski definition) is 3. The maximum absolute atomic E-state index is 13.4. The van der Waals surface area contributed by atoms with Crippen LogP contribution in [0.1, 0.15) is 12.8 Å². The van der Waals surface area contributed by atoms with Gasteiger partial charge in [0.05, 0.1) is 0 Å². The second-order valence-corrected chi connectivity index (χ2v) is 6.18. The first-order valence-corrected chi connectivity index (χ1v) is 7.88. The van der Waals surface area contributed by atoms with Crippen molar-refractivity contribution in [1.82, 2.24) is 4.98 Å². The van der Waals surface area contributed by atoms with Gasteiger partial charge in [-0.05, 0) is 43.2 Å². The second kappa shape index (κ2) is 6.43. The molecule has 2 heterocycles. The SMILES string of the molecule is Fc1cccc(N2CCC[C@@H](Nc3cc(Br)ccn3)C2)c1. The highest BCUT2D eigenvalue weighted by Gasteiger charge is 2.20. The number of anilines is 2. The second-order valence-electron chi connectivity index (χ2n) is 5.27. The maximum atomic E-state index is 13.4. The van der Waals surface area contributed by atoms with Crippen molar-refractivity contribution in [2.75, 3.05) is 23.3 Å². The molecule has 2 aromatic rings. The molecule has 1 N–H and O–H groups in total. The van der Waals surface area contributed by atoms with E-state index in [0.717, 1.165) is 41.9 Å². The average Bonchev–Trinajstić information content (AvgIpc) is 2.47. The molecule has 110 valence electrons. The third-order valence-electron chi connectivity index (χ3n) is 3.67. The fourth-order valence-electron chi connectivity index (χ4n) is 2.70. The van der Waals surface area contributed by atoms with Crippen LogP contribution in [0.15, 0.2) is 47.1 Å². The number of rotatable bonds is 3. The van der Waals surface area contributed by atoms with Crippen LogP contribution in [-0.2, 0) is 0 Å². The van der Waals surface area contributed by atoms with Crippen LogP contribution in [0.4, 0.5) is 15.9 Å². The summed E-state index contributed by atoms with van der Waals surface area (Å²) in [4.78, 5) is 6.55. The highest BCUT2D eigenvalue weighted by atomic mass is 79.9. The molecule has 5 heteroatoms. The summed E-state index contributed by atoms with van der Waals surface area (Å²) in [6, 6.07) is 11.0. The van der Waals surface area contributed by atoms with E-state index in [1.165, 1.54) is 6.07 Å². The Hall–Kier alpha value is -1.62. The molecule has 0 amide bonds. The van der Waals surface area contributed by atoms with Gasteiger partial charge in [-0.2, -0.15) is 0 Å². The van der Waals surface area contributed by atoms with Gasteiger partial charge in [-0.3, -0.25) is 0 Å². The first-order valence-electron chi connectivity index (χ1n) is 7.09. The van der Waals surface area contributed by atoms with E-state index in [1.54, 1.807) is 18.3 Å². The Kier molecular flexibility index (Phi) is 4.39. The summed E-state index contributed by atoms with van der Waals surface area (Å²) in [5.41, 5.74) is 0.948. The quantitative estimate of drug-likeness (QED) is 0.905. The summed E-state index contributed by atoms with van der Waals surface area (Å²) < 4.78 is 14.4. The van der Waals surface area contributed by atoms with Crippen molar-refractivity contribution in [3.8, 4) is 0 Å². The van der Waals surface area contributed by atoms with Crippen molar-refractivity contribution in [3.63, 3.8) is 0 Å². The van der Waals surface area contributed by atoms with Crippen LogP contribution < -0.4 is 10.2 Å². The summed E-state index contributed by atoms with van der Waals surface area (Å²) in [6.07, 6.45) is 3.96. The van der Waals surface area contributed by atoms with Crippen LogP contribution in [0.5, 0.6) is 0 Å². The van der Waals surface area contributed by atoms with Crippen molar-refractivity contribution in [2.24, 2.45) is 0 Å².